The smallest absolute Gasteiger partial charge is 0.234 e. The number of hydrogen-bond acceptors (Lipinski definition) is 4. The summed E-state index contributed by atoms with van der Waals surface area (Å²) in [5.74, 6) is 0.0680. The molecule has 1 amide bonds. The van der Waals surface area contributed by atoms with Crippen molar-refractivity contribution in [3.05, 3.63) is 34.9 Å². The number of nitrogens with zero attached hydrogens (tertiary/aromatic N) is 2. The molecule has 7 heteroatoms. The van der Waals surface area contributed by atoms with Gasteiger partial charge >= 0.3 is 0 Å². The van der Waals surface area contributed by atoms with Crippen molar-refractivity contribution in [2.75, 3.05) is 45.8 Å². The molecule has 2 atom stereocenters. The van der Waals surface area contributed by atoms with E-state index in [1.165, 1.54) is 6.42 Å². The van der Waals surface area contributed by atoms with E-state index >= 15 is 0 Å². The molecule has 3 rings (SSSR count). The van der Waals surface area contributed by atoms with Gasteiger partial charge in [-0.25, -0.2) is 0 Å². The van der Waals surface area contributed by atoms with Crippen molar-refractivity contribution in [1.82, 2.24) is 20.4 Å². The fourth-order valence-electron chi connectivity index (χ4n) is 3.63. The first-order valence-electron chi connectivity index (χ1n) is 8.84. The van der Waals surface area contributed by atoms with Gasteiger partial charge in [-0.1, -0.05) is 29.8 Å². The van der Waals surface area contributed by atoms with E-state index in [0.717, 1.165) is 44.8 Å². The molecule has 0 bridgehead atoms. The average Bonchev–Trinajstić information content (AvgIpc) is 3.10. The molecule has 0 aliphatic carbocycles. The Morgan fingerprint density at radius 2 is 2.04 bits per heavy atom. The molecule has 1 aromatic carbocycles. The van der Waals surface area contributed by atoms with Crippen molar-refractivity contribution in [3.63, 3.8) is 0 Å². The van der Waals surface area contributed by atoms with E-state index in [2.05, 4.69) is 20.4 Å². The summed E-state index contributed by atoms with van der Waals surface area (Å²) in [5.41, 5.74) is 0.964. The van der Waals surface area contributed by atoms with Crippen LogP contribution in [-0.4, -0.2) is 67.6 Å². The van der Waals surface area contributed by atoms with Gasteiger partial charge in [0, 0.05) is 43.8 Å². The molecule has 25 heavy (non-hydrogen) atoms. The average molecular weight is 387 g/mol. The van der Waals surface area contributed by atoms with Gasteiger partial charge in [-0.2, -0.15) is 0 Å². The van der Waals surface area contributed by atoms with Gasteiger partial charge in [0.15, 0.2) is 0 Å². The molecule has 2 fully saturated rings. The maximum atomic E-state index is 12.3. The Labute approximate surface area is 161 Å². The Balaban J connectivity index is 0.00000225. The highest BCUT2D eigenvalue weighted by Crippen LogP contribution is 2.22. The number of benzene rings is 1. The number of halogens is 2. The van der Waals surface area contributed by atoms with Crippen molar-refractivity contribution in [3.8, 4) is 0 Å². The predicted octanol–water partition coefficient (Wildman–Crippen LogP) is 1.92. The third kappa shape index (κ3) is 5.56. The van der Waals surface area contributed by atoms with Crippen molar-refractivity contribution >= 4 is 29.9 Å². The van der Waals surface area contributed by atoms with Crippen LogP contribution in [0, 0.1) is 0 Å². The lowest BCUT2D eigenvalue weighted by Crippen LogP contribution is -2.52. The summed E-state index contributed by atoms with van der Waals surface area (Å²) in [4.78, 5) is 17.1. The minimum absolute atomic E-state index is 0. The van der Waals surface area contributed by atoms with Crippen LogP contribution in [0.3, 0.4) is 0 Å². The summed E-state index contributed by atoms with van der Waals surface area (Å²) in [7, 11) is 0. The Morgan fingerprint density at radius 1 is 1.32 bits per heavy atom. The molecular formula is C18H28Cl2N4O. The number of carbonyl (C=O) groups is 1. The minimum atomic E-state index is -0.0722. The third-order valence-corrected chi connectivity index (χ3v) is 5.42. The minimum Gasteiger partial charge on any atom is -0.348 e. The van der Waals surface area contributed by atoms with Gasteiger partial charge in [-0.3, -0.25) is 14.6 Å². The fraction of sp³-hybridized carbons (Fsp3) is 0.611. The summed E-state index contributed by atoms with van der Waals surface area (Å²) in [6, 6.07) is 8.28. The fourth-order valence-corrected chi connectivity index (χ4v) is 3.93. The number of carbonyl (C=O) groups excluding carboxylic acids is 1. The monoisotopic (exact) mass is 386 g/mol. The second kappa shape index (κ2) is 9.74. The van der Waals surface area contributed by atoms with Gasteiger partial charge in [0.25, 0.3) is 0 Å². The normalized spacial score (nSPS) is 23.0. The largest absolute Gasteiger partial charge is 0.348 e. The van der Waals surface area contributed by atoms with E-state index in [4.69, 9.17) is 11.6 Å². The highest BCUT2D eigenvalue weighted by molar-refractivity contribution is 6.31. The summed E-state index contributed by atoms with van der Waals surface area (Å²) >= 11 is 6.20. The van der Waals surface area contributed by atoms with E-state index in [1.807, 2.05) is 31.2 Å². The first kappa shape index (κ1) is 20.5. The molecule has 1 aromatic rings. The van der Waals surface area contributed by atoms with Crippen molar-refractivity contribution in [2.45, 2.75) is 25.4 Å². The molecule has 5 nitrogen and oxygen atoms in total. The quantitative estimate of drug-likeness (QED) is 0.811. The molecule has 0 aromatic heterocycles. The zero-order valence-corrected chi connectivity index (χ0v) is 16.3. The van der Waals surface area contributed by atoms with Crippen molar-refractivity contribution in [1.29, 1.82) is 0 Å². The summed E-state index contributed by atoms with van der Waals surface area (Å²) in [5, 5.41) is 7.18. The van der Waals surface area contributed by atoms with Crippen LogP contribution >= 0.6 is 24.0 Å². The second-order valence-electron chi connectivity index (χ2n) is 6.77. The van der Waals surface area contributed by atoms with Crippen LogP contribution in [0.1, 0.15) is 24.9 Å². The van der Waals surface area contributed by atoms with Gasteiger partial charge in [0.1, 0.15) is 0 Å². The first-order valence-corrected chi connectivity index (χ1v) is 9.22. The Hall–Kier alpha value is -0.850. The Morgan fingerprint density at radius 3 is 2.68 bits per heavy atom. The van der Waals surface area contributed by atoms with E-state index in [1.54, 1.807) is 0 Å². The number of nitrogens with one attached hydrogen (secondary N) is 2. The number of rotatable bonds is 5. The van der Waals surface area contributed by atoms with E-state index in [9.17, 15) is 4.79 Å². The molecular weight excluding hydrogens is 359 g/mol. The first-order chi connectivity index (χ1) is 11.6. The molecule has 0 saturated carbocycles. The van der Waals surface area contributed by atoms with E-state index < -0.39 is 0 Å². The molecule has 2 N–H and O–H groups in total. The van der Waals surface area contributed by atoms with Gasteiger partial charge in [-0.05, 0) is 31.5 Å². The summed E-state index contributed by atoms with van der Waals surface area (Å²) in [6.45, 7) is 8.72. The number of hydrogen-bond donors (Lipinski definition) is 2. The molecule has 2 heterocycles. The lowest BCUT2D eigenvalue weighted by atomic mass is 10.1. The van der Waals surface area contributed by atoms with Crippen LogP contribution in [0.15, 0.2) is 24.3 Å². The molecule has 0 spiro atoms. The van der Waals surface area contributed by atoms with Gasteiger partial charge < -0.3 is 10.6 Å². The highest BCUT2D eigenvalue weighted by Gasteiger charge is 2.26. The van der Waals surface area contributed by atoms with Gasteiger partial charge in [0.05, 0.1) is 12.6 Å². The SMILES string of the molecule is CC(NC(=O)CN1CCN(C2CCNC2)CC1)c1ccccc1Cl.Cl. The Bertz CT molecular complexity index is 558. The number of amides is 1. The molecule has 140 valence electrons. The maximum Gasteiger partial charge on any atom is 0.234 e. The molecule has 2 unspecified atom stereocenters. The van der Waals surface area contributed by atoms with E-state index in [0.29, 0.717) is 17.6 Å². The molecule has 0 radical (unpaired) electrons. The zero-order chi connectivity index (χ0) is 16.9. The van der Waals surface area contributed by atoms with Crippen LogP contribution < -0.4 is 10.6 Å². The molecule has 2 aliphatic heterocycles. The van der Waals surface area contributed by atoms with Crippen molar-refractivity contribution in [2.24, 2.45) is 0 Å². The predicted molar refractivity (Wildman–Crippen MR) is 105 cm³/mol. The second-order valence-corrected chi connectivity index (χ2v) is 7.18. The molecule has 2 aliphatic rings. The lowest BCUT2D eigenvalue weighted by Gasteiger charge is -2.37. The number of piperazine rings is 1. The van der Waals surface area contributed by atoms with Crippen LogP contribution in [0.2, 0.25) is 5.02 Å². The van der Waals surface area contributed by atoms with Gasteiger partial charge in [-0.15, -0.1) is 12.4 Å². The topological polar surface area (TPSA) is 47.6 Å². The van der Waals surface area contributed by atoms with Crippen LogP contribution in [0.25, 0.3) is 0 Å². The van der Waals surface area contributed by atoms with Crippen molar-refractivity contribution < 1.29 is 4.79 Å². The summed E-state index contributed by atoms with van der Waals surface area (Å²) in [6.07, 6.45) is 1.25. The van der Waals surface area contributed by atoms with Crippen LogP contribution in [-0.2, 0) is 4.79 Å². The lowest BCUT2D eigenvalue weighted by molar-refractivity contribution is -0.123. The zero-order valence-electron chi connectivity index (χ0n) is 14.7. The maximum absolute atomic E-state index is 12.3. The summed E-state index contributed by atoms with van der Waals surface area (Å²) < 4.78 is 0. The standard InChI is InChI=1S/C18H27ClN4O.ClH/c1-14(16-4-2-3-5-17(16)19)21-18(24)13-22-8-10-23(11-9-22)15-6-7-20-12-15;/h2-5,14-15,20H,6-13H2,1H3,(H,21,24);1H. The van der Waals surface area contributed by atoms with Gasteiger partial charge in [0.2, 0.25) is 5.91 Å². The highest BCUT2D eigenvalue weighted by atomic mass is 35.5. The molecule has 2 saturated heterocycles. The van der Waals surface area contributed by atoms with E-state index in [-0.39, 0.29) is 24.4 Å². The third-order valence-electron chi connectivity index (χ3n) is 5.07. The Kier molecular flexibility index (Phi) is 7.97. The van der Waals surface area contributed by atoms with Crippen LogP contribution in [0.5, 0.6) is 0 Å². The van der Waals surface area contributed by atoms with Crippen LogP contribution in [0.4, 0.5) is 0 Å².